The Kier molecular flexibility index (Phi) is 6.53. The van der Waals surface area contributed by atoms with Gasteiger partial charge in [-0.3, -0.25) is 0 Å². The van der Waals surface area contributed by atoms with Gasteiger partial charge in [-0.15, -0.1) is 0 Å². The summed E-state index contributed by atoms with van der Waals surface area (Å²) >= 11 is 0. The molecule has 1 fully saturated rings. The van der Waals surface area contributed by atoms with E-state index in [0.29, 0.717) is 17.8 Å². The zero-order valence-corrected chi connectivity index (χ0v) is 17.9. The van der Waals surface area contributed by atoms with Crippen molar-refractivity contribution < 1.29 is 14.9 Å². The number of nitrogens with zero attached hydrogens (tertiary/aromatic N) is 2. The van der Waals surface area contributed by atoms with Gasteiger partial charge in [0.05, 0.1) is 12.7 Å². The minimum Gasteiger partial charge on any atom is -0.393 e. The Hall–Kier alpha value is -2.91. The number of hydrogen-bond donors (Lipinski definition) is 2. The number of ether oxygens (including phenoxy) is 1. The molecule has 4 rings (SSSR count). The van der Waals surface area contributed by atoms with Crippen LogP contribution in [0.25, 0.3) is 11.1 Å². The van der Waals surface area contributed by atoms with Crippen molar-refractivity contribution in [1.29, 1.82) is 0 Å². The fourth-order valence-corrected chi connectivity index (χ4v) is 4.01. The number of methoxy groups -OCH3 is 1. The zero-order chi connectivity index (χ0) is 21.8. The van der Waals surface area contributed by atoms with Gasteiger partial charge in [-0.2, -0.15) is 0 Å². The molecule has 2 N–H and O–H groups in total. The van der Waals surface area contributed by atoms with E-state index in [2.05, 4.69) is 53.2 Å². The van der Waals surface area contributed by atoms with Crippen LogP contribution in [0.15, 0.2) is 60.9 Å². The predicted octanol–water partition coefficient (Wildman–Crippen LogP) is 4.08. The summed E-state index contributed by atoms with van der Waals surface area (Å²) in [7, 11) is 1.78. The Morgan fingerprint density at radius 3 is 2.32 bits per heavy atom. The van der Waals surface area contributed by atoms with Crippen LogP contribution in [-0.2, 0) is 4.74 Å². The SMILES string of the molecule is COC1CC(c2ccc(-c3ccc(C#C[C@@H](CO)n4ccnc4[C@H](C)O)cc3)cc2)C1. The van der Waals surface area contributed by atoms with E-state index in [0.717, 1.165) is 24.0 Å². The molecule has 0 spiro atoms. The van der Waals surface area contributed by atoms with Gasteiger partial charge in [0.25, 0.3) is 0 Å². The third kappa shape index (κ3) is 4.72. The van der Waals surface area contributed by atoms with Crippen LogP contribution in [0.4, 0.5) is 0 Å². The molecule has 1 aliphatic rings. The molecule has 1 heterocycles. The van der Waals surface area contributed by atoms with Gasteiger partial charge >= 0.3 is 0 Å². The molecule has 1 saturated carbocycles. The van der Waals surface area contributed by atoms with Gasteiger partial charge in [-0.05, 0) is 54.5 Å². The van der Waals surface area contributed by atoms with Crippen LogP contribution in [0, 0.1) is 11.8 Å². The van der Waals surface area contributed by atoms with Crippen LogP contribution >= 0.6 is 0 Å². The van der Waals surface area contributed by atoms with Crippen molar-refractivity contribution in [1.82, 2.24) is 9.55 Å². The number of aromatic nitrogens is 2. The molecular weight excluding hydrogens is 388 g/mol. The summed E-state index contributed by atoms with van der Waals surface area (Å²) in [6.45, 7) is 1.49. The maximum atomic E-state index is 9.83. The van der Waals surface area contributed by atoms with E-state index in [1.807, 2.05) is 12.1 Å². The number of aliphatic hydroxyl groups is 2. The molecule has 1 aromatic heterocycles. The minimum absolute atomic E-state index is 0.153. The third-order valence-corrected chi connectivity index (χ3v) is 5.99. The molecule has 2 aromatic carbocycles. The number of hydrogen-bond acceptors (Lipinski definition) is 4. The molecule has 1 aliphatic carbocycles. The lowest BCUT2D eigenvalue weighted by Crippen LogP contribution is -2.28. The highest BCUT2D eigenvalue weighted by Gasteiger charge is 2.29. The Balaban J connectivity index is 1.44. The number of benzene rings is 2. The lowest BCUT2D eigenvalue weighted by molar-refractivity contribution is 0.0258. The van der Waals surface area contributed by atoms with Gasteiger partial charge in [0.2, 0.25) is 0 Å². The summed E-state index contributed by atoms with van der Waals surface area (Å²) in [6, 6.07) is 16.4. The summed E-state index contributed by atoms with van der Waals surface area (Å²) in [5, 5.41) is 19.6. The molecule has 0 unspecified atom stereocenters. The van der Waals surface area contributed by atoms with Crippen molar-refractivity contribution in [2.24, 2.45) is 0 Å². The van der Waals surface area contributed by atoms with E-state index in [4.69, 9.17) is 4.74 Å². The van der Waals surface area contributed by atoms with Gasteiger partial charge < -0.3 is 19.5 Å². The molecule has 0 amide bonds. The lowest BCUT2D eigenvalue weighted by atomic mass is 9.77. The first kappa shape index (κ1) is 21.3. The van der Waals surface area contributed by atoms with Gasteiger partial charge in [-0.25, -0.2) is 4.98 Å². The molecule has 5 nitrogen and oxygen atoms in total. The van der Waals surface area contributed by atoms with Crippen molar-refractivity contribution in [3.8, 4) is 23.0 Å². The van der Waals surface area contributed by atoms with E-state index < -0.39 is 12.1 Å². The van der Waals surface area contributed by atoms with Crippen molar-refractivity contribution in [3.63, 3.8) is 0 Å². The largest absolute Gasteiger partial charge is 0.393 e. The molecular formula is C26H28N2O3. The van der Waals surface area contributed by atoms with E-state index in [1.54, 1.807) is 31.0 Å². The quantitative estimate of drug-likeness (QED) is 0.594. The van der Waals surface area contributed by atoms with E-state index in [-0.39, 0.29) is 6.61 Å². The monoisotopic (exact) mass is 416 g/mol. The van der Waals surface area contributed by atoms with Gasteiger partial charge in [0.15, 0.2) is 0 Å². The minimum atomic E-state index is -0.720. The van der Waals surface area contributed by atoms with Crippen molar-refractivity contribution in [2.45, 2.75) is 43.9 Å². The Labute approximate surface area is 183 Å². The maximum absolute atomic E-state index is 9.83. The van der Waals surface area contributed by atoms with Crippen molar-refractivity contribution >= 4 is 0 Å². The summed E-state index contributed by atoms with van der Waals surface area (Å²) in [6.07, 6.45) is 5.24. The smallest absolute Gasteiger partial charge is 0.138 e. The lowest BCUT2D eigenvalue weighted by Gasteiger charge is -2.34. The van der Waals surface area contributed by atoms with Crippen LogP contribution in [-0.4, -0.2) is 39.6 Å². The van der Waals surface area contributed by atoms with Crippen LogP contribution in [0.1, 0.15) is 54.8 Å². The third-order valence-electron chi connectivity index (χ3n) is 5.99. The summed E-state index contributed by atoms with van der Waals surface area (Å²) in [5.41, 5.74) is 4.58. The highest BCUT2D eigenvalue weighted by molar-refractivity contribution is 5.64. The first-order valence-corrected chi connectivity index (χ1v) is 10.7. The van der Waals surface area contributed by atoms with Crippen LogP contribution in [0.3, 0.4) is 0 Å². The standard InChI is InChI=1S/C26H28N2O3/c1-18(30)26-27-13-14-28(26)24(17-29)12-5-19-3-6-20(7-4-19)21-8-10-22(11-9-21)23-15-25(16-23)31-2/h3-4,6-11,13-14,18,23-25,29-30H,15-17H2,1-2H3/t18-,23?,24-,25?/m0/s1. The van der Waals surface area contributed by atoms with Gasteiger partial charge in [0.1, 0.15) is 18.0 Å². The molecule has 0 radical (unpaired) electrons. The fourth-order valence-electron chi connectivity index (χ4n) is 4.01. The molecule has 160 valence electrons. The molecule has 0 bridgehead atoms. The second-order valence-electron chi connectivity index (χ2n) is 8.06. The summed E-state index contributed by atoms with van der Waals surface area (Å²) in [4.78, 5) is 4.15. The molecule has 0 saturated heterocycles. The number of imidazole rings is 1. The summed E-state index contributed by atoms with van der Waals surface area (Å²) < 4.78 is 7.09. The van der Waals surface area contributed by atoms with Crippen LogP contribution in [0.5, 0.6) is 0 Å². The maximum Gasteiger partial charge on any atom is 0.138 e. The molecule has 2 atom stereocenters. The second kappa shape index (κ2) is 9.49. The number of rotatable bonds is 6. The highest BCUT2D eigenvalue weighted by atomic mass is 16.5. The van der Waals surface area contributed by atoms with E-state index >= 15 is 0 Å². The number of aliphatic hydroxyl groups excluding tert-OH is 2. The second-order valence-corrected chi connectivity index (χ2v) is 8.06. The first-order valence-electron chi connectivity index (χ1n) is 10.7. The molecule has 5 heteroatoms. The van der Waals surface area contributed by atoms with E-state index in [1.165, 1.54) is 11.1 Å². The van der Waals surface area contributed by atoms with Gasteiger partial charge in [-0.1, -0.05) is 48.2 Å². The zero-order valence-electron chi connectivity index (χ0n) is 17.9. The van der Waals surface area contributed by atoms with Crippen LogP contribution in [0.2, 0.25) is 0 Å². The predicted molar refractivity (Wildman–Crippen MR) is 121 cm³/mol. The Bertz CT molecular complexity index is 1050. The first-order chi connectivity index (χ1) is 15.1. The van der Waals surface area contributed by atoms with E-state index in [9.17, 15) is 10.2 Å². The average Bonchev–Trinajstić information content (AvgIpc) is 3.25. The highest BCUT2D eigenvalue weighted by Crippen LogP contribution is 2.38. The molecule has 31 heavy (non-hydrogen) atoms. The molecule has 0 aliphatic heterocycles. The van der Waals surface area contributed by atoms with Gasteiger partial charge in [0, 0.05) is 25.1 Å². The summed E-state index contributed by atoms with van der Waals surface area (Å²) in [5.74, 6) is 7.32. The Morgan fingerprint density at radius 2 is 1.74 bits per heavy atom. The van der Waals surface area contributed by atoms with Crippen molar-refractivity contribution in [2.75, 3.05) is 13.7 Å². The van der Waals surface area contributed by atoms with Crippen molar-refractivity contribution in [3.05, 3.63) is 77.9 Å². The average molecular weight is 417 g/mol. The molecule has 3 aromatic rings. The van der Waals surface area contributed by atoms with Crippen LogP contribution < -0.4 is 0 Å². The Morgan fingerprint density at radius 1 is 1.10 bits per heavy atom. The topological polar surface area (TPSA) is 67.5 Å². The fraction of sp³-hybridized carbons (Fsp3) is 0.346. The normalized spacial score (nSPS) is 19.7.